The number of hydrogen-bond donors (Lipinski definition) is 1. The molecule has 0 aromatic heterocycles. The van der Waals surface area contributed by atoms with E-state index in [0.717, 1.165) is 30.2 Å². The Morgan fingerprint density at radius 1 is 0.960 bits per heavy atom. The average molecular weight is 362 g/mol. The van der Waals surface area contributed by atoms with E-state index in [2.05, 4.69) is 24.4 Å². The second kappa shape index (κ2) is 11.0. The molecular weight excluding hydrogens is 334 g/mol. The number of nitrogens with one attached hydrogen (secondary N) is 1. The lowest BCUT2D eigenvalue weighted by molar-refractivity contribution is 0.269. The maximum atomic E-state index is 6.19. The monoisotopic (exact) mass is 361 g/mol. The minimum atomic E-state index is 0.425. The van der Waals surface area contributed by atoms with Gasteiger partial charge >= 0.3 is 0 Å². The van der Waals surface area contributed by atoms with Gasteiger partial charge < -0.3 is 14.8 Å². The van der Waals surface area contributed by atoms with Gasteiger partial charge in [-0.1, -0.05) is 55.6 Å². The molecule has 2 rings (SSSR count). The Hall–Kier alpha value is -1.71. The van der Waals surface area contributed by atoms with Crippen molar-refractivity contribution < 1.29 is 9.47 Å². The highest BCUT2D eigenvalue weighted by Gasteiger charge is 2.08. The maximum Gasteiger partial charge on any atom is 0.161 e. The van der Waals surface area contributed by atoms with Crippen LogP contribution in [-0.4, -0.2) is 13.2 Å². The molecule has 2 aromatic rings. The molecule has 0 amide bonds. The van der Waals surface area contributed by atoms with Crippen LogP contribution in [0.2, 0.25) is 5.02 Å². The van der Waals surface area contributed by atoms with E-state index in [-0.39, 0.29) is 0 Å². The number of ether oxygens (including phenoxy) is 2. The molecule has 0 aliphatic heterocycles. The van der Waals surface area contributed by atoms with Crippen molar-refractivity contribution in [1.29, 1.82) is 0 Å². The second-order valence-electron chi connectivity index (χ2n) is 5.98. The Kier molecular flexibility index (Phi) is 8.64. The summed E-state index contributed by atoms with van der Waals surface area (Å²) >= 11 is 6.19. The van der Waals surface area contributed by atoms with Crippen LogP contribution in [0.3, 0.4) is 0 Å². The van der Waals surface area contributed by atoms with Crippen molar-refractivity contribution in [3.05, 3.63) is 58.6 Å². The summed E-state index contributed by atoms with van der Waals surface area (Å²) in [6.45, 7) is 7.12. The first-order valence-corrected chi connectivity index (χ1v) is 9.45. The summed E-state index contributed by atoms with van der Waals surface area (Å²) in [5, 5.41) is 4.19. The number of benzene rings is 2. The molecule has 0 unspecified atom stereocenters. The molecule has 0 atom stereocenters. The fourth-order valence-corrected chi connectivity index (χ4v) is 2.74. The summed E-state index contributed by atoms with van der Waals surface area (Å²) in [5.41, 5.74) is 2.17. The quantitative estimate of drug-likeness (QED) is 0.528. The molecule has 0 heterocycles. The predicted octanol–water partition coefficient (Wildman–Crippen LogP) is 5.60. The summed E-state index contributed by atoms with van der Waals surface area (Å²) in [7, 11) is 0. The van der Waals surface area contributed by atoms with E-state index < -0.39 is 0 Å². The predicted molar refractivity (Wildman–Crippen MR) is 105 cm³/mol. The van der Waals surface area contributed by atoms with Gasteiger partial charge in [0.15, 0.2) is 11.5 Å². The zero-order chi connectivity index (χ0) is 17.9. The van der Waals surface area contributed by atoms with E-state index in [4.69, 9.17) is 21.1 Å². The molecule has 25 heavy (non-hydrogen) atoms. The van der Waals surface area contributed by atoms with Crippen LogP contribution in [0.1, 0.15) is 44.2 Å². The lowest BCUT2D eigenvalue weighted by Crippen LogP contribution is -2.14. The molecule has 0 saturated carbocycles. The molecule has 1 N–H and O–H groups in total. The van der Waals surface area contributed by atoms with Crippen molar-refractivity contribution in [2.24, 2.45) is 0 Å². The van der Waals surface area contributed by atoms with Crippen LogP contribution in [0.15, 0.2) is 42.5 Å². The third kappa shape index (κ3) is 6.60. The first kappa shape index (κ1) is 19.6. The minimum absolute atomic E-state index is 0.425. The van der Waals surface area contributed by atoms with Gasteiger partial charge in [0.05, 0.1) is 6.61 Å². The summed E-state index contributed by atoms with van der Waals surface area (Å²) < 4.78 is 11.7. The zero-order valence-electron chi connectivity index (χ0n) is 15.2. The highest BCUT2D eigenvalue weighted by molar-refractivity contribution is 6.31. The van der Waals surface area contributed by atoms with Crippen molar-refractivity contribution in [1.82, 2.24) is 5.32 Å². The summed E-state index contributed by atoms with van der Waals surface area (Å²) in [6, 6.07) is 13.8. The maximum absolute atomic E-state index is 6.19. The SMILES string of the molecule is CCCCCNCc1ccc(OCc2ccccc2Cl)c(OCC)c1. The fourth-order valence-electron chi connectivity index (χ4n) is 2.55. The van der Waals surface area contributed by atoms with Crippen molar-refractivity contribution in [2.75, 3.05) is 13.2 Å². The molecule has 0 spiro atoms. The highest BCUT2D eigenvalue weighted by Crippen LogP contribution is 2.30. The van der Waals surface area contributed by atoms with Crippen LogP contribution in [0.4, 0.5) is 0 Å². The van der Waals surface area contributed by atoms with Crippen molar-refractivity contribution >= 4 is 11.6 Å². The smallest absolute Gasteiger partial charge is 0.161 e. The van der Waals surface area contributed by atoms with Gasteiger partial charge in [-0.2, -0.15) is 0 Å². The van der Waals surface area contributed by atoms with Crippen molar-refractivity contribution in [3.8, 4) is 11.5 Å². The Labute approximate surface area is 156 Å². The van der Waals surface area contributed by atoms with Crippen molar-refractivity contribution in [3.63, 3.8) is 0 Å². The van der Waals surface area contributed by atoms with Crippen molar-refractivity contribution in [2.45, 2.75) is 46.3 Å². The first-order chi connectivity index (χ1) is 12.2. The third-order valence-electron chi connectivity index (χ3n) is 3.94. The fraction of sp³-hybridized carbons (Fsp3) is 0.429. The normalized spacial score (nSPS) is 10.7. The second-order valence-corrected chi connectivity index (χ2v) is 6.39. The van der Waals surface area contributed by atoms with Gasteiger partial charge in [-0.05, 0) is 43.7 Å². The van der Waals surface area contributed by atoms with Crippen LogP contribution >= 0.6 is 11.6 Å². The van der Waals surface area contributed by atoms with Crippen LogP contribution < -0.4 is 14.8 Å². The van der Waals surface area contributed by atoms with E-state index in [9.17, 15) is 0 Å². The first-order valence-electron chi connectivity index (χ1n) is 9.07. The van der Waals surface area contributed by atoms with Crippen LogP contribution in [0.25, 0.3) is 0 Å². The molecule has 3 nitrogen and oxygen atoms in total. The number of hydrogen-bond acceptors (Lipinski definition) is 3. The van der Waals surface area contributed by atoms with Gasteiger partial charge in [0, 0.05) is 17.1 Å². The summed E-state index contributed by atoms with van der Waals surface area (Å²) in [6.07, 6.45) is 3.73. The van der Waals surface area contributed by atoms with E-state index in [0.29, 0.717) is 18.2 Å². The van der Waals surface area contributed by atoms with E-state index >= 15 is 0 Å². The summed E-state index contributed by atoms with van der Waals surface area (Å²) in [4.78, 5) is 0. The standard InChI is InChI=1S/C21H28ClNO2/c1-3-5-8-13-23-15-17-11-12-20(21(14-17)24-4-2)25-16-18-9-6-7-10-19(18)22/h6-7,9-12,14,23H,3-5,8,13,15-16H2,1-2H3. The van der Waals surface area contributed by atoms with Crippen LogP contribution in [0, 0.1) is 0 Å². The lowest BCUT2D eigenvalue weighted by atomic mass is 10.2. The van der Waals surface area contributed by atoms with Gasteiger partial charge in [0.1, 0.15) is 6.61 Å². The summed E-state index contributed by atoms with van der Waals surface area (Å²) in [5.74, 6) is 1.53. The molecule has 0 aliphatic carbocycles. The van der Waals surface area contributed by atoms with E-state index in [1.807, 2.05) is 37.3 Å². The molecule has 0 bridgehead atoms. The molecule has 0 radical (unpaired) electrons. The topological polar surface area (TPSA) is 30.5 Å². The molecule has 0 aliphatic rings. The van der Waals surface area contributed by atoms with Gasteiger partial charge in [0.25, 0.3) is 0 Å². The molecule has 2 aromatic carbocycles. The Morgan fingerprint density at radius 3 is 2.56 bits per heavy atom. The number of halogens is 1. The Morgan fingerprint density at radius 2 is 1.80 bits per heavy atom. The number of rotatable bonds is 11. The van der Waals surface area contributed by atoms with Crippen LogP contribution in [-0.2, 0) is 13.2 Å². The third-order valence-corrected chi connectivity index (χ3v) is 4.30. The number of unbranched alkanes of at least 4 members (excludes halogenated alkanes) is 2. The van der Waals surface area contributed by atoms with E-state index in [1.165, 1.54) is 24.8 Å². The van der Waals surface area contributed by atoms with Gasteiger partial charge in [-0.15, -0.1) is 0 Å². The molecule has 136 valence electrons. The Bertz CT molecular complexity index is 646. The molecular formula is C21H28ClNO2. The van der Waals surface area contributed by atoms with Gasteiger partial charge in [-0.3, -0.25) is 0 Å². The van der Waals surface area contributed by atoms with E-state index in [1.54, 1.807) is 0 Å². The van der Waals surface area contributed by atoms with Gasteiger partial charge in [0.2, 0.25) is 0 Å². The molecule has 0 saturated heterocycles. The largest absolute Gasteiger partial charge is 0.490 e. The molecule has 4 heteroatoms. The zero-order valence-corrected chi connectivity index (χ0v) is 15.9. The average Bonchev–Trinajstić information content (AvgIpc) is 2.62. The lowest BCUT2D eigenvalue weighted by Gasteiger charge is -2.14. The van der Waals surface area contributed by atoms with Gasteiger partial charge in [-0.25, -0.2) is 0 Å². The molecule has 0 fully saturated rings. The minimum Gasteiger partial charge on any atom is -0.490 e. The highest BCUT2D eigenvalue weighted by atomic mass is 35.5. The Balaban J connectivity index is 1.96. The van der Waals surface area contributed by atoms with Crippen LogP contribution in [0.5, 0.6) is 11.5 Å².